The van der Waals surface area contributed by atoms with Crippen LogP contribution in [0.1, 0.15) is 27.2 Å². The third-order valence-electron chi connectivity index (χ3n) is 3.59. The van der Waals surface area contributed by atoms with E-state index in [1.54, 1.807) is 30.7 Å². The van der Waals surface area contributed by atoms with Gasteiger partial charge in [0.15, 0.2) is 0 Å². The molecule has 1 N–H and O–H groups in total. The predicted molar refractivity (Wildman–Crippen MR) is 90.4 cm³/mol. The Morgan fingerprint density at radius 3 is 2.74 bits per heavy atom. The molecule has 2 aromatic heterocycles. The number of hydrogen-bond acceptors (Lipinski definition) is 3. The van der Waals surface area contributed by atoms with Gasteiger partial charge in [0.1, 0.15) is 0 Å². The number of aromatic nitrogens is 2. The molecular formula is C19H17N3O. The minimum absolute atomic E-state index is 0.156. The van der Waals surface area contributed by atoms with Crippen LogP contribution in [0.2, 0.25) is 0 Å². The van der Waals surface area contributed by atoms with Crippen molar-refractivity contribution >= 4 is 11.6 Å². The number of carbonyl (C=O) groups is 1. The fraction of sp³-hybridized carbons (Fsp3) is 0.105. The molecule has 0 aliphatic rings. The lowest BCUT2D eigenvalue weighted by Gasteiger charge is -2.10. The number of benzene rings is 1. The molecule has 3 rings (SSSR count). The first-order valence-corrected chi connectivity index (χ1v) is 7.43. The standard InChI is InChI=1S/C19H17N3O/c1-14-7-8-15(11-17-6-2-3-10-21-17)12-18(14)22-19(23)16-5-4-9-20-13-16/h2-10,12-13H,11H2,1H3,(H,22,23). The average molecular weight is 303 g/mol. The number of pyridine rings is 2. The van der Waals surface area contributed by atoms with E-state index < -0.39 is 0 Å². The first-order chi connectivity index (χ1) is 11.2. The summed E-state index contributed by atoms with van der Waals surface area (Å²) in [5.41, 5.74) is 4.48. The number of anilines is 1. The number of carbonyl (C=O) groups excluding carboxylic acids is 1. The molecule has 0 aliphatic heterocycles. The summed E-state index contributed by atoms with van der Waals surface area (Å²) in [5.74, 6) is -0.156. The molecule has 0 atom stereocenters. The summed E-state index contributed by atoms with van der Waals surface area (Å²) in [5, 5.41) is 2.95. The topological polar surface area (TPSA) is 54.9 Å². The van der Waals surface area contributed by atoms with E-state index in [1.165, 1.54) is 0 Å². The molecule has 0 fully saturated rings. The van der Waals surface area contributed by atoms with Gasteiger partial charge in [-0.2, -0.15) is 0 Å². The maximum Gasteiger partial charge on any atom is 0.257 e. The summed E-state index contributed by atoms with van der Waals surface area (Å²) in [4.78, 5) is 20.6. The number of hydrogen-bond donors (Lipinski definition) is 1. The van der Waals surface area contributed by atoms with Crippen LogP contribution in [0.5, 0.6) is 0 Å². The van der Waals surface area contributed by atoms with Crippen LogP contribution >= 0.6 is 0 Å². The highest BCUT2D eigenvalue weighted by molar-refractivity contribution is 6.04. The van der Waals surface area contributed by atoms with E-state index in [9.17, 15) is 4.79 Å². The van der Waals surface area contributed by atoms with Crippen LogP contribution in [-0.4, -0.2) is 15.9 Å². The van der Waals surface area contributed by atoms with Gasteiger partial charge in [-0.3, -0.25) is 14.8 Å². The molecule has 114 valence electrons. The van der Waals surface area contributed by atoms with Crippen molar-refractivity contribution in [2.45, 2.75) is 13.3 Å². The van der Waals surface area contributed by atoms with Gasteiger partial charge in [-0.05, 0) is 48.4 Å². The van der Waals surface area contributed by atoms with Gasteiger partial charge in [0, 0.05) is 36.4 Å². The fourth-order valence-corrected chi connectivity index (χ4v) is 2.32. The zero-order valence-electron chi connectivity index (χ0n) is 12.9. The minimum Gasteiger partial charge on any atom is -0.322 e. The zero-order chi connectivity index (χ0) is 16.1. The Bertz CT molecular complexity index is 801. The van der Waals surface area contributed by atoms with Crippen molar-refractivity contribution in [1.82, 2.24) is 9.97 Å². The highest BCUT2D eigenvalue weighted by Gasteiger charge is 2.08. The van der Waals surface area contributed by atoms with Crippen molar-refractivity contribution in [3.63, 3.8) is 0 Å². The number of nitrogens with one attached hydrogen (secondary N) is 1. The molecular weight excluding hydrogens is 286 g/mol. The second-order valence-electron chi connectivity index (χ2n) is 5.34. The van der Waals surface area contributed by atoms with Gasteiger partial charge in [0.2, 0.25) is 0 Å². The van der Waals surface area contributed by atoms with Crippen molar-refractivity contribution in [3.8, 4) is 0 Å². The van der Waals surface area contributed by atoms with Crippen LogP contribution in [0.3, 0.4) is 0 Å². The van der Waals surface area contributed by atoms with Gasteiger partial charge < -0.3 is 5.32 Å². The monoisotopic (exact) mass is 303 g/mol. The molecule has 0 spiro atoms. The molecule has 23 heavy (non-hydrogen) atoms. The molecule has 0 bridgehead atoms. The van der Waals surface area contributed by atoms with Crippen LogP contribution in [-0.2, 0) is 6.42 Å². The second kappa shape index (κ2) is 6.83. The highest BCUT2D eigenvalue weighted by atomic mass is 16.1. The zero-order valence-corrected chi connectivity index (χ0v) is 12.9. The van der Waals surface area contributed by atoms with E-state index in [4.69, 9.17) is 0 Å². The number of rotatable bonds is 4. The Hall–Kier alpha value is -3.01. The van der Waals surface area contributed by atoms with Crippen molar-refractivity contribution < 1.29 is 4.79 Å². The third-order valence-corrected chi connectivity index (χ3v) is 3.59. The van der Waals surface area contributed by atoms with E-state index in [-0.39, 0.29) is 5.91 Å². The van der Waals surface area contributed by atoms with Crippen molar-refractivity contribution in [1.29, 1.82) is 0 Å². The lowest BCUT2D eigenvalue weighted by Crippen LogP contribution is -2.13. The summed E-state index contributed by atoms with van der Waals surface area (Å²) >= 11 is 0. The van der Waals surface area contributed by atoms with E-state index in [2.05, 4.69) is 21.4 Å². The minimum atomic E-state index is -0.156. The molecule has 0 unspecified atom stereocenters. The van der Waals surface area contributed by atoms with Gasteiger partial charge in [-0.15, -0.1) is 0 Å². The number of nitrogens with zero attached hydrogens (tertiary/aromatic N) is 2. The van der Waals surface area contributed by atoms with Crippen molar-refractivity contribution in [2.75, 3.05) is 5.32 Å². The second-order valence-corrected chi connectivity index (χ2v) is 5.34. The van der Waals surface area contributed by atoms with Crippen LogP contribution in [0.4, 0.5) is 5.69 Å². The van der Waals surface area contributed by atoms with Crippen molar-refractivity contribution in [3.05, 3.63) is 89.5 Å². The Balaban J connectivity index is 1.79. The maximum absolute atomic E-state index is 12.3. The fourth-order valence-electron chi connectivity index (χ4n) is 2.32. The first kappa shape index (κ1) is 14.9. The van der Waals surface area contributed by atoms with Gasteiger partial charge in [0.25, 0.3) is 5.91 Å². The van der Waals surface area contributed by atoms with E-state index in [1.807, 2.05) is 37.3 Å². The van der Waals surface area contributed by atoms with Gasteiger partial charge in [-0.1, -0.05) is 18.2 Å². The Morgan fingerprint density at radius 2 is 2.00 bits per heavy atom. The van der Waals surface area contributed by atoms with E-state index in [0.29, 0.717) is 5.56 Å². The van der Waals surface area contributed by atoms with Gasteiger partial charge in [-0.25, -0.2) is 0 Å². The Labute approximate surface area is 135 Å². The maximum atomic E-state index is 12.3. The summed E-state index contributed by atoms with van der Waals surface area (Å²) in [6.07, 6.45) is 5.73. The molecule has 1 amide bonds. The van der Waals surface area contributed by atoms with E-state index >= 15 is 0 Å². The summed E-state index contributed by atoms with van der Waals surface area (Å²) < 4.78 is 0. The molecule has 0 aliphatic carbocycles. The lowest BCUT2D eigenvalue weighted by atomic mass is 10.1. The van der Waals surface area contributed by atoms with Crippen LogP contribution in [0, 0.1) is 6.92 Å². The molecule has 0 saturated carbocycles. The smallest absolute Gasteiger partial charge is 0.257 e. The summed E-state index contributed by atoms with van der Waals surface area (Å²) in [7, 11) is 0. The largest absolute Gasteiger partial charge is 0.322 e. The number of aryl methyl sites for hydroxylation is 1. The molecule has 4 nitrogen and oxygen atoms in total. The molecule has 3 aromatic rings. The molecule has 0 saturated heterocycles. The number of amides is 1. The van der Waals surface area contributed by atoms with Gasteiger partial charge >= 0.3 is 0 Å². The highest BCUT2D eigenvalue weighted by Crippen LogP contribution is 2.19. The summed E-state index contributed by atoms with van der Waals surface area (Å²) in [6.45, 7) is 1.98. The van der Waals surface area contributed by atoms with Crippen LogP contribution in [0.25, 0.3) is 0 Å². The molecule has 2 heterocycles. The van der Waals surface area contributed by atoms with Crippen LogP contribution in [0.15, 0.2) is 67.1 Å². The SMILES string of the molecule is Cc1ccc(Cc2ccccn2)cc1NC(=O)c1cccnc1. The quantitative estimate of drug-likeness (QED) is 0.800. The lowest BCUT2D eigenvalue weighted by molar-refractivity contribution is 0.102. The first-order valence-electron chi connectivity index (χ1n) is 7.43. The Kier molecular flexibility index (Phi) is 4.43. The van der Waals surface area contributed by atoms with E-state index in [0.717, 1.165) is 28.9 Å². The Morgan fingerprint density at radius 1 is 1.09 bits per heavy atom. The summed E-state index contributed by atoms with van der Waals surface area (Å²) in [6, 6.07) is 15.4. The predicted octanol–water partition coefficient (Wildman–Crippen LogP) is 3.63. The molecule has 4 heteroatoms. The molecule has 1 aromatic carbocycles. The van der Waals surface area contributed by atoms with Crippen molar-refractivity contribution in [2.24, 2.45) is 0 Å². The van der Waals surface area contributed by atoms with Crippen LogP contribution < -0.4 is 5.32 Å². The van der Waals surface area contributed by atoms with Gasteiger partial charge in [0.05, 0.1) is 5.56 Å². The average Bonchev–Trinajstić information content (AvgIpc) is 2.59. The molecule has 0 radical (unpaired) electrons. The normalized spacial score (nSPS) is 10.3. The third kappa shape index (κ3) is 3.80.